The molecular formula is C29H35N2+. The summed E-state index contributed by atoms with van der Waals surface area (Å²) in [5.41, 5.74) is 7.62. The van der Waals surface area contributed by atoms with E-state index in [1.807, 2.05) is 0 Å². The number of fused-ring (bicyclic) bond motifs is 3. The molecule has 3 aromatic rings. The molecule has 2 saturated carbocycles. The standard InChI is InChI=1S/C29H35N2/c1-20-12-6-10-18-25(20)30-21(2)28-27(22-13-4-3-5-14-22)24-17-9-11-19-26(24)31(28)29(30)23-15-7-8-16-23/h6,9-12,17-19,22-23,27H,3-5,7-8,13-16H2,1-2H3/q+1/i27D. The minimum Gasteiger partial charge on any atom is -0.196 e. The second kappa shape index (κ2) is 7.65. The predicted octanol–water partition coefficient (Wildman–Crippen LogP) is 7.05. The molecule has 0 spiro atoms. The van der Waals surface area contributed by atoms with Crippen LogP contribution in [0.15, 0.2) is 48.5 Å². The summed E-state index contributed by atoms with van der Waals surface area (Å²) in [5.74, 6) is 1.72. The van der Waals surface area contributed by atoms with Gasteiger partial charge in [0.1, 0.15) is 17.1 Å². The van der Waals surface area contributed by atoms with Crippen molar-refractivity contribution in [3.05, 3.63) is 76.9 Å². The molecule has 1 atom stereocenters. The van der Waals surface area contributed by atoms with Crippen LogP contribution in [0.25, 0.3) is 11.4 Å². The summed E-state index contributed by atoms with van der Waals surface area (Å²) < 4.78 is 15.2. The molecule has 1 aromatic heterocycles. The summed E-state index contributed by atoms with van der Waals surface area (Å²) in [6.45, 7) is 4.51. The Bertz CT molecular complexity index is 1160. The van der Waals surface area contributed by atoms with E-state index in [9.17, 15) is 1.37 Å². The Hall–Kier alpha value is -2.35. The maximum atomic E-state index is 10.1. The Morgan fingerprint density at radius 1 is 0.839 bits per heavy atom. The second-order valence-electron chi connectivity index (χ2n) is 10.00. The average molecular weight is 413 g/mol. The van der Waals surface area contributed by atoms with Crippen molar-refractivity contribution in [3.8, 4) is 11.4 Å². The molecule has 1 aliphatic heterocycles. The third kappa shape index (κ3) is 2.94. The van der Waals surface area contributed by atoms with Gasteiger partial charge in [0.15, 0.2) is 5.69 Å². The van der Waals surface area contributed by atoms with Gasteiger partial charge in [0.25, 0.3) is 5.82 Å². The molecule has 0 N–H and O–H groups in total. The van der Waals surface area contributed by atoms with E-state index in [4.69, 9.17) is 0 Å². The molecule has 0 amide bonds. The molecule has 2 fully saturated rings. The van der Waals surface area contributed by atoms with Crippen molar-refractivity contribution < 1.29 is 5.94 Å². The molecule has 3 aliphatic rings. The van der Waals surface area contributed by atoms with E-state index in [1.165, 1.54) is 97.5 Å². The molecule has 2 aromatic carbocycles. The fourth-order valence-electron chi connectivity index (χ4n) is 6.71. The highest BCUT2D eigenvalue weighted by molar-refractivity contribution is 5.56. The van der Waals surface area contributed by atoms with Gasteiger partial charge in [-0.1, -0.05) is 68.5 Å². The number of aromatic nitrogens is 2. The minimum atomic E-state index is -0.650. The first-order chi connectivity index (χ1) is 15.6. The van der Waals surface area contributed by atoms with Gasteiger partial charge in [0, 0.05) is 13.9 Å². The smallest absolute Gasteiger partial charge is 0.196 e. The van der Waals surface area contributed by atoms with Crippen LogP contribution in [0.4, 0.5) is 0 Å². The highest BCUT2D eigenvalue weighted by Gasteiger charge is 2.47. The number of hydrogen-bond donors (Lipinski definition) is 0. The molecule has 0 saturated heterocycles. The fourth-order valence-corrected chi connectivity index (χ4v) is 6.71. The van der Waals surface area contributed by atoms with Crippen molar-refractivity contribution in [2.24, 2.45) is 5.92 Å². The molecule has 2 nitrogen and oxygen atoms in total. The normalized spacial score (nSPS) is 24.3. The predicted molar refractivity (Wildman–Crippen MR) is 126 cm³/mol. The number of hydrogen-bond acceptors (Lipinski definition) is 0. The lowest BCUT2D eigenvalue weighted by Gasteiger charge is -2.26. The van der Waals surface area contributed by atoms with Crippen LogP contribution in [0.3, 0.4) is 0 Å². The molecule has 2 aliphatic carbocycles. The van der Waals surface area contributed by atoms with Crippen LogP contribution in [0.1, 0.15) is 99.3 Å². The van der Waals surface area contributed by atoms with E-state index >= 15 is 0 Å². The third-order valence-corrected chi connectivity index (χ3v) is 8.14. The zero-order valence-electron chi connectivity index (χ0n) is 20.0. The molecule has 2 heteroatoms. The van der Waals surface area contributed by atoms with Gasteiger partial charge >= 0.3 is 0 Å². The highest BCUT2D eigenvalue weighted by Crippen LogP contribution is 2.50. The summed E-state index contributed by atoms with van der Waals surface area (Å²) in [5, 5.41) is 0. The zero-order valence-corrected chi connectivity index (χ0v) is 19.0. The Kier molecular flexibility index (Phi) is 4.50. The minimum absolute atomic E-state index is 0.397. The topological polar surface area (TPSA) is 8.81 Å². The van der Waals surface area contributed by atoms with Gasteiger partial charge < -0.3 is 0 Å². The highest BCUT2D eigenvalue weighted by atomic mass is 15.2. The van der Waals surface area contributed by atoms with E-state index in [0.717, 1.165) is 0 Å². The summed E-state index contributed by atoms with van der Waals surface area (Å²) in [4.78, 5) is 0. The number of nitrogens with zero attached hydrogens (tertiary/aromatic N) is 2. The Balaban J connectivity index is 1.69. The van der Waals surface area contributed by atoms with Crippen LogP contribution < -0.4 is 4.57 Å². The van der Waals surface area contributed by atoms with E-state index in [-0.39, 0.29) is 0 Å². The summed E-state index contributed by atoms with van der Waals surface area (Å²) >= 11 is 0. The van der Waals surface area contributed by atoms with Crippen LogP contribution in [0.5, 0.6) is 0 Å². The van der Waals surface area contributed by atoms with E-state index < -0.39 is 5.89 Å². The molecule has 1 unspecified atom stereocenters. The maximum Gasteiger partial charge on any atom is 0.270 e. The number of aryl methyl sites for hydroxylation is 1. The van der Waals surface area contributed by atoms with E-state index in [2.05, 4.69) is 71.5 Å². The molecular weight excluding hydrogens is 376 g/mol. The van der Waals surface area contributed by atoms with Crippen LogP contribution in [-0.2, 0) is 0 Å². The third-order valence-electron chi connectivity index (χ3n) is 8.14. The van der Waals surface area contributed by atoms with Gasteiger partial charge in [-0.05, 0) is 56.2 Å². The summed E-state index contributed by atoms with van der Waals surface area (Å²) in [6, 6.07) is 17.6. The monoisotopic (exact) mass is 412 g/mol. The molecule has 6 rings (SSSR count). The van der Waals surface area contributed by atoms with E-state index in [1.54, 1.807) is 0 Å². The molecule has 2 heterocycles. The fraction of sp³-hybridized carbons (Fsp3) is 0.483. The second-order valence-corrected chi connectivity index (χ2v) is 10.00. The van der Waals surface area contributed by atoms with Crippen LogP contribution >= 0.6 is 0 Å². The quantitative estimate of drug-likeness (QED) is 0.407. The molecule has 160 valence electrons. The van der Waals surface area contributed by atoms with Gasteiger partial charge in [-0.3, -0.25) is 0 Å². The van der Waals surface area contributed by atoms with Gasteiger partial charge in [-0.25, -0.2) is 0 Å². The summed E-state index contributed by atoms with van der Waals surface area (Å²) in [7, 11) is 0. The van der Waals surface area contributed by atoms with Gasteiger partial charge in [-0.2, -0.15) is 9.13 Å². The SMILES string of the molecule is [2H]C1(C2CCCCC2)c2ccccc2-n2c1c(C)[n+](-c1ccccc1C)c2C1CCCC1. The largest absolute Gasteiger partial charge is 0.270 e. The number of rotatable bonds is 3. The Morgan fingerprint density at radius 3 is 2.29 bits per heavy atom. The Labute approximate surface area is 188 Å². The average Bonchev–Trinajstić information content (AvgIpc) is 3.52. The first kappa shape index (κ1) is 18.2. The number of imidazole rings is 1. The van der Waals surface area contributed by atoms with Crippen molar-refractivity contribution >= 4 is 0 Å². The molecule has 0 bridgehead atoms. The van der Waals surface area contributed by atoms with Gasteiger partial charge in [0.05, 0.1) is 11.8 Å². The Morgan fingerprint density at radius 2 is 1.52 bits per heavy atom. The van der Waals surface area contributed by atoms with Crippen LogP contribution in [0.2, 0.25) is 0 Å². The van der Waals surface area contributed by atoms with Crippen molar-refractivity contribution in [3.63, 3.8) is 0 Å². The van der Waals surface area contributed by atoms with Crippen molar-refractivity contribution in [2.45, 2.75) is 83.4 Å². The van der Waals surface area contributed by atoms with Crippen molar-refractivity contribution in [1.29, 1.82) is 0 Å². The number of benzene rings is 2. The maximum absolute atomic E-state index is 10.1. The van der Waals surface area contributed by atoms with Gasteiger partial charge in [0.2, 0.25) is 0 Å². The first-order valence-electron chi connectivity index (χ1n) is 13.0. The lowest BCUT2D eigenvalue weighted by atomic mass is 9.76. The summed E-state index contributed by atoms with van der Waals surface area (Å²) in [6.07, 6.45) is 11.3. The van der Waals surface area contributed by atoms with Gasteiger partial charge in [-0.15, -0.1) is 0 Å². The first-order valence-corrected chi connectivity index (χ1v) is 12.5. The molecule has 31 heavy (non-hydrogen) atoms. The van der Waals surface area contributed by atoms with Crippen LogP contribution in [0, 0.1) is 19.8 Å². The number of para-hydroxylation sites is 2. The zero-order chi connectivity index (χ0) is 21.9. The van der Waals surface area contributed by atoms with Crippen molar-refractivity contribution in [2.75, 3.05) is 0 Å². The molecule has 0 radical (unpaired) electrons. The van der Waals surface area contributed by atoms with Crippen molar-refractivity contribution in [1.82, 2.24) is 4.57 Å². The van der Waals surface area contributed by atoms with E-state index in [0.29, 0.717) is 11.8 Å². The lowest BCUT2D eigenvalue weighted by molar-refractivity contribution is -0.612. The van der Waals surface area contributed by atoms with Crippen LogP contribution in [-0.4, -0.2) is 4.57 Å². The lowest BCUT2D eigenvalue weighted by Crippen LogP contribution is -2.39.